The summed E-state index contributed by atoms with van der Waals surface area (Å²) in [6.07, 6.45) is 0. The van der Waals surface area contributed by atoms with E-state index >= 15 is 0 Å². The first-order valence-corrected chi connectivity index (χ1v) is 7.11. The SMILES string of the molecule is CN(C)CC(=O)c1cccc(OC(=O)c2cccc([N+](=O)[O-])c2)c1. The lowest BCUT2D eigenvalue weighted by molar-refractivity contribution is -0.384. The van der Waals surface area contributed by atoms with Gasteiger partial charge in [-0.15, -0.1) is 0 Å². The second kappa shape index (κ2) is 7.47. The number of nitro benzene ring substituents is 1. The second-order valence-corrected chi connectivity index (χ2v) is 5.39. The number of carbonyl (C=O) groups excluding carboxylic acids is 2. The van der Waals surface area contributed by atoms with Gasteiger partial charge in [-0.1, -0.05) is 18.2 Å². The third kappa shape index (κ3) is 4.47. The van der Waals surface area contributed by atoms with Crippen LogP contribution in [0.25, 0.3) is 0 Å². The molecule has 2 rings (SSSR count). The number of carbonyl (C=O) groups is 2. The van der Waals surface area contributed by atoms with Crippen LogP contribution in [0.2, 0.25) is 0 Å². The molecule has 0 aromatic heterocycles. The average molecular weight is 328 g/mol. The Morgan fingerprint density at radius 1 is 1.08 bits per heavy atom. The molecule has 0 bridgehead atoms. The van der Waals surface area contributed by atoms with E-state index in [1.54, 1.807) is 37.2 Å². The van der Waals surface area contributed by atoms with Crippen molar-refractivity contribution in [2.24, 2.45) is 0 Å². The van der Waals surface area contributed by atoms with Gasteiger partial charge in [-0.25, -0.2) is 4.79 Å². The summed E-state index contributed by atoms with van der Waals surface area (Å²) in [7, 11) is 3.56. The quantitative estimate of drug-likeness (QED) is 0.266. The van der Waals surface area contributed by atoms with E-state index in [9.17, 15) is 19.7 Å². The Balaban J connectivity index is 2.16. The summed E-state index contributed by atoms with van der Waals surface area (Å²) in [6.45, 7) is 0.238. The normalized spacial score (nSPS) is 10.5. The fourth-order valence-corrected chi connectivity index (χ4v) is 2.02. The Kier molecular flexibility index (Phi) is 5.39. The Morgan fingerprint density at radius 3 is 2.42 bits per heavy atom. The lowest BCUT2D eigenvalue weighted by atomic mass is 10.1. The molecule has 0 radical (unpaired) electrons. The van der Waals surface area contributed by atoms with Crippen LogP contribution in [0, 0.1) is 10.1 Å². The molecular weight excluding hydrogens is 312 g/mol. The van der Waals surface area contributed by atoms with Gasteiger partial charge < -0.3 is 9.64 Å². The minimum Gasteiger partial charge on any atom is -0.423 e. The van der Waals surface area contributed by atoms with Crippen molar-refractivity contribution >= 4 is 17.4 Å². The highest BCUT2D eigenvalue weighted by Gasteiger charge is 2.14. The van der Waals surface area contributed by atoms with Crippen LogP contribution in [0.4, 0.5) is 5.69 Å². The molecule has 0 spiro atoms. The van der Waals surface area contributed by atoms with Gasteiger partial charge in [-0.2, -0.15) is 0 Å². The van der Waals surface area contributed by atoms with E-state index in [0.29, 0.717) is 5.56 Å². The Labute approximate surface area is 138 Å². The van der Waals surface area contributed by atoms with Crippen LogP contribution in [0.15, 0.2) is 48.5 Å². The van der Waals surface area contributed by atoms with E-state index < -0.39 is 10.9 Å². The number of nitro groups is 1. The van der Waals surface area contributed by atoms with E-state index in [2.05, 4.69) is 0 Å². The van der Waals surface area contributed by atoms with Crippen LogP contribution >= 0.6 is 0 Å². The van der Waals surface area contributed by atoms with E-state index in [4.69, 9.17) is 4.74 Å². The molecule has 0 amide bonds. The third-order valence-electron chi connectivity index (χ3n) is 3.12. The summed E-state index contributed by atoms with van der Waals surface area (Å²) in [5, 5.41) is 10.8. The number of ether oxygens (including phenoxy) is 1. The monoisotopic (exact) mass is 328 g/mol. The summed E-state index contributed by atoms with van der Waals surface area (Å²) in [6, 6.07) is 11.5. The number of rotatable bonds is 6. The number of esters is 1. The van der Waals surface area contributed by atoms with Crippen LogP contribution in [0.1, 0.15) is 20.7 Å². The van der Waals surface area contributed by atoms with Crippen LogP contribution in [-0.2, 0) is 0 Å². The minimum absolute atomic E-state index is 0.0641. The summed E-state index contributed by atoms with van der Waals surface area (Å²) < 4.78 is 5.20. The number of hydrogen-bond acceptors (Lipinski definition) is 6. The van der Waals surface area contributed by atoms with Gasteiger partial charge in [0.15, 0.2) is 5.78 Å². The predicted octanol–water partition coefficient (Wildman–Crippen LogP) is 2.56. The molecule has 0 aliphatic heterocycles. The lowest BCUT2D eigenvalue weighted by Gasteiger charge is -2.09. The van der Waals surface area contributed by atoms with Gasteiger partial charge in [0.05, 0.1) is 17.0 Å². The molecule has 7 heteroatoms. The lowest BCUT2D eigenvalue weighted by Crippen LogP contribution is -2.21. The number of ketones is 1. The standard InChI is InChI=1S/C17H16N2O5/c1-18(2)11-16(20)12-5-4-8-15(10-12)24-17(21)13-6-3-7-14(9-13)19(22)23/h3-10H,11H2,1-2H3. The number of nitrogens with zero attached hydrogens (tertiary/aromatic N) is 2. The van der Waals surface area contributed by atoms with Crippen molar-refractivity contribution in [2.75, 3.05) is 20.6 Å². The molecule has 2 aromatic rings. The summed E-state index contributed by atoms with van der Waals surface area (Å²) in [4.78, 5) is 36.0. The molecule has 0 saturated carbocycles. The summed E-state index contributed by atoms with van der Waals surface area (Å²) in [5.41, 5.74) is 0.293. The highest BCUT2D eigenvalue weighted by atomic mass is 16.6. The zero-order valence-electron chi connectivity index (χ0n) is 13.3. The van der Waals surface area contributed by atoms with E-state index in [0.717, 1.165) is 6.07 Å². The third-order valence-corrected chi connectivity index (χ3v) is 3.12. The van der Waals surface area contributed by atoms with Gasteiger partial charge in [0.1, 0.15) is 5.75 Å². The molecule has 0 heterocycles. The zero-order chi connectivity index (χ0) is 17.7. The fraction of sp³-hybridized carbons (Fsp3) is 0.176. The number of Topliss-reactive ketones (excluding diaryl/α,β-unsaturated/α-hetero) is 1. The van der Waals surface area contributed by atoms with Crippen molar-refractivity contribution in [2.45, 2.75) is 0 Å². The number of non-ortho nitro benzene ring substituents is 1. The molecule has 0 fully saturated rings. The zero-order valence-corrected chi connectivity index (χ0v) is 13.3. The molecule has 0 aliphatic carbocycles. The summed E-state index contributed by atoms with van der Waals surface area (Å²) in [5.74, 6) is -0.625. The molecule has 0 N–H and O–H groups in total. The van der Waals surface area contributed by atoms with Crippen molar-refractivity contribution in [3.05, 3.63) is 69.8 Å². The van der Waals surface area contributed by atoms with E-state index in [1.165, 1.54) is 24.3 Å². The molecule has 0 saturated heterocycles. The van der Waals surface area contributed by atoms with Gasteiger partial charge >= 0.3 is 5.97 Å². The minimum atomic E-state index is -0.726. The van der Waals surface area contributed by atoms with Crippen molar-refractivity contribution in [1.29, 1.82) is 0 Å². The highest BCUT2D eigenvalue weighted by Crippen LogP contribution is 2.18. The predicted molar refractivity (Wildman–Crippen MR) is 87.4 cm³/mol. The van der Waals surface area contributed by atoms with Gasteiger partial charge in [-0.05, 0) is 32.3 Å². The Hall–Kier alpha value is -3.06. The Morgan fingerprint density at radius 2 is 1.75 bits per heavy atom. The van der Waals surface area contributed by atoms with Gasteiger partial charge in [0, 0.05) is 17.7 Å². The van der Waals surface area contributed by atoms with Gasteiger partial charge in [-0.3, -0.25) is 14.9 Å². The molecule has 24 heavy (non-hydrogen) atoms. The first-order valence-electron chi connectivity index (χ1n) is 7.11. The highest BCUT2D eigenvalue weighted by molar-refractivity contribution is 5.98. The van der Waals surface area contributed by atoms with Crippen molar-refractivity contribution in [3.8, 4) is 5.75 Å². The van der Waals surface area contributed by atoms with Crippen molar-refractivity contribution < 1.29 is 19.2 Å². The topological polar surface area (TPSA) is 89.8 Å². The van der Waals surface area contributed by atoms with Crippen LogP contribution in [0.5, 0.6) is 5.75 Å². The molecule has 7 nitrogen and oxygen atoms in total. The van der Waals surface area contributed by atoms with Crippen molar-refractivity contribution in [3.63, 3.8) is 0 Å². The first kappa shape index (κ1) is 17.3. The molecule has 124 valence electrons. The Bertz CT molecular complexity index is 786. The van der Waals surface area contributed by atoms with Gasteiger partial charge in [0.25, 0.3) is 5.69 Å². The number of benzene rings is 2. The van der Waals surface area contributed by atoms with E-state index in [-0.39, 0.29) is 29.3 Å². The fourth-order valence-electron chi connectivity index (χ4n) is 2.02. The summed E-state index contributed by atoms with van der Waals surface area (Å²) >= 11 is 0. The maximum absolute atomic E-state index is 12.1. The molecule has 0 unspecified atom stereocenters. The van der Waals surface area contributed by atoms with Crippen LogP contribution in [0.3, 0.4) is 0 Å². The van der Waals surface area contributed by atoms with Crippen LogP contribution < -0.4 is 4.74 Å². The molecule has 0 aliphatic rings. The smallest absolute Gasteiger partial charge is 0.343 e. The molecule has 0 atom stereocenters. The molecular formula is C17H16N2O5. The van der Waals surface area contributed by atoms with Crippen LogP contribution in [-0.4, -0.2) is 42.2 Å². The maximum Gasteiger partial charge on any atom is 0.343 e. The number of hydrogen-bond donors (Lipinski definition) is 0. The number of likely N-dealkylation sites (N-methyl/N-ethyl adjacent to an activating group) is 1. The molecule has 2 aromatic carbocycles. The van der Waals surface area contributed by atoms with E-state index in [1.807, 2.05) is 0 Å². The second-order valence-electron chi connectivity index (χ2n) is 5.39. The van der Waals surface area contributed by atoms with Crippen molar-refractivity contribution in [1.82, 2.24) is 4.90 Å². The largest absolute Gasteiger partial charge is 0.423 e. The van der Waals surface area contributed by atoms with Gasteiger partial charge in [0.2, 0.25) is 0 Å². The first-order chi connectivity index (χ1) is 11.4. The maximum atomic E-state index is 12.1. The average Bonchev–Trinajstić information content (AvgIpc) is 2.54.